The van der Waals surface area contributed by atoms with Gasteiger partial charge in [0.15, 0.2) is 5.69 Å². The smallest absolute Gasteiger partial charge is 0.358 e. The van der Waals surface area contributed by atoms with E-state index in [-0.39, 0.29) is 17.9 Å². The minimum atomic E-state index is -0.563. The highest BCUT2D eigenvalue weighted by molar-refractivity contribution is 7.13. The lowest BCUT2D eigenvalue weighted by Gasteiger charge is -2.07. The minimum Gasteiger partial charge on any atom is -0.497 e. The molecule has 146 valence electrons. The van der Waals surface area contributed by atoms with Crippen molar-refractivity contribution in [2.75, 3.05) is 7.11 Å². The van der Waals surface area contributed by atoms with Gasteiger partial charge in [-0.2, -0.15) is 0 Å². The summed E-state index contributed by atoms with van der Waals surface area (Å²) in [6, 6.07) is 14.2. The molecule has 0 unspecified atom stereocenters. The molecule has 8 heteroatoms. The van der Waals surface area contributed by atoms with E-state index in [4.69, 9.17) is 9.47 Å². The number of benzene rings is 1. The first-order valence-electron chi connectivity index (χ1n) is 8.80. The molecule has 0 atom stereocenters. The number of aromatic nitrogens is 3. The second-order valence-electron chi connectivity index (χ2n) is 6.29. The molecule has 0 fully saturated rings. The molecule has 0 aliphatic rings. The van der Waals surface area contributed by atoms with Crippen molar-refractivity contribution < 1.29 is 14.3 Å². The molecule has 0 bridgehead atoms. The maximum Gasteiger partial charge on any atom is 0.358 e. The average Bonchev–Trinajstić information content (AvgIpc) is 3.22. The van der Waals surface area contributed by atoms with Crippen molar-refractivity contribution in [2.24, 2.45) is 0 Å². The molecule has 3 heterocycles. The van der Waals surface area contributed by atoms with Crippen molar-refractivity contribution in [3.63, 3.8) is 0 Å². The fourth-order valence-corrected chi connectivity index (χ4v) is 3.68. The van der Waals surface area contributed by atoms with Gasteiger partial charge in [-0.15, -0.1) is 11.3 Å². The molecule has 0 N–H and O–H groups in total. The Labute approximate surface area is 170 Å². The molecular weight excluding hydrogens is 390 g/mol. The fraction of sp³-hybridized carbons (Fsp3) is 0.143. The van der Waals surface area contributed by atoms with Crippen LogP contribution < -0.4 is 10.3 Å². The second-order valence-corrected chi connectivity index (χ2v) is 7.15. The number of thiazole rings is 1. The Hall–Kier alpha value is -3.52. The fourth-order valence-electron chi connectivity index (χ4n) is 2.88. The number of rotatable bonds is 5. The molecule has 0 saturated heterocycles. The minimum absolute atomic E-state index is 0.103. The van der Waals surface area contributed by atoms with Crippen molar-refractivity contribution in [1.29, 1.82) is 0 Å². The molecule has 0 amide bonds. The van der Waals surface area contributed by atoms with Gasteiger partial charge in [0, 0.05) is 22.7 Å². The van der Waals surface area contributed by atoms with Crippen LogP contribution in [0.25, 0.3) is 16.2 Å². The number of hydrogen-bond acceptors (Lipinski definition) is 7. The van der Waals surface area contributed by atoms with Crippen LogP contribution in [0.2, 0.25) is 0 Å². The van der Waals surface area contributed by atoms with Gasteiger partial charge < -0.3 is 9.47 Å². The van der Waals surface area contributed by atoms with Crippen molar-refractivity contribution in [3.05, 3.63) is 81.3 Å². The van der Waals surface area contributed by atoms with Crippen LogP contribution in [-0.4, -0.2) is 27.4 Å². The van der Waals surface area contributed by atoms with Gasteiger partial charge >= 0.3 is 5.97 Å². The number of pyridine rings is 1. The maximum atomic E-state index is 12.4. The van der Waals surface area contributed by atoms with Crippen LogP contribution in [0.5, 0.6) is 5.75 Å². The third kappa shape index (κ3) is 3.88. The first-order chi connectivity index (χ1) is 14.0. The van der Waals surface area contributed by atoms with Crippen LogP contribution in [0.4, 0.5) is 0 Å². The Morgan fingerprint density at radius 1 is 1.14 bits per heavy atom. The van der Waals surface area contributed by atoms with Gasteiger partial charge in [-0.3, -0.25) is 9.20 Å². The van der Waals surface area contributed by atoms with Crippen LogP contribution in [0.3, 0.4) is 0 Å². The molecular formula is C21H17N3O4S. The zero-order valence-electron chi connectivity index (χ0n) is 15.8. The van der Waals surface area contributed by atoms with Gasteiger partial charge in [0.1, 0.15) is 23.0 Å². The number of ether oxygens (including phenoxy) is 2. The van der Waals surface area contributed by atoms with Gasteiger partial charge in [0.2, 0.25) is 0 Å². The number of carbonyl (C=O) groups excluding carboxylic acids is 1. The van der Waals surface area contributed by atoms with E-state index in [1.165, 1.54) is 21.8 Å². The number of nitrogens with zero attached hydrogens (tertiary/aromatic N) is 3. The van der Waals surface area contributed by atoms with Crippen LogP contribution in [0.1, 0.15) is 21.9 Å². The Morgan fingerprint density at radius 3 is 2.69 bits per heavy atom. The van der Waals surface area contributed by atoms with E-state index in [1.54, 1.807) is 18.6 Å². The summed E-state index contributed by atoms with van der Waals surface area (Å²) in [4.78, 5) is 33.4. The van der Waals surface area contributed by atoms with Crippen LogP contribution in [0.15, 0.2) is 58.7 Å². The van der Waals surface area contributed by atoms with E-state index in [2.05, 4.69) is 9.97 Å². The van der Waals surface area contributed by atoms with E-state index in [1.807, 2.05) is 43.3 Å². The molecule has 4 rings (SSSR count). The number of hydrogen-bond donors (Lipinski definition) is 0. The van der Waals surface area contributed by atoms with Crippen molar-refractivity contribution in [1.82, 2.24) is 14.4 Å². The van der Waals surface area contributed by atoms with E-state index in [0.29, 0.717) is 16.3 Å². The molecule has 0 spiro atoms. The third-order valence-electron chi connectivity index (χ3n) is 4.33. The first-order valence-corrected chi connectivity index (χ1v) is 9.68. The summed E-state index contributed by atoms with van der Waals surface area (Å²) in [6.45, 7) is 1.73. The number of fused-ring (bicyclic) bond motifs is 1. The lowest BCUT2D eigenvalue weighted by Crippen LogP contribution is -2.18. The van der Waals surface area contributed by atoms with Crippen LogP contribution >= 0.6 is 11.3 Å². The largest absolute Gasteiger partial charge is 0.497 e. The maximum absolute atomic E-state index is 12.4. The Kier molecular flexibility index (Phi) is 5.09. The predicted octanol–water partition coefficient (Wildman–Crippen LogP) is 3.49. The summed E-state index contributed by atoms with van der Waals surface area (Å²) >= 11 is 1.35. The van der Waals surface area contributed by atoms with E-state index in [9.17, 15) is 9.59 Å². The monoisotopic (exact) mass is 407 g/mol. The molecule has 3 aromatic heterocycles. The highest BCUT2D eigenvalue weighted by Gasteiger charge is 2.14. The molecule has 0 aliphatic heterocycles. The molecule has 29 heavy (non-hydrogen) atoms. The second kappa shape index (κ2) is 7.84. The molecule has 0 radical (unpaired) electrons. The zero-order valence-corrected chi connectivity index (χ0v) is 16.6. The van der Waals surface area contributed by atoms with Crippen molar-refractivity contribution >= 4 is 23.0 Å². The van der Waals surface area contributed by atoms with Crippen molar-refractivity contribution in [3.8, 4) is 16.3 Å². The molecule has 0 aliphatic carbocycles. The van der Waals surface area contributed by atoms with Gasteiger partial charge in [-0.25, -0.2) is 14.8 Å². The Balaban J connectivity index is 1.48. The summed E-state index contributed by atoms with van der Waals surface area (Å²) in [6.07, 6.45) is 0. The average molecular weight is 407 g/mol. The summed E-state index contributed by atoms with van der Waals surface area (Å²) < 4.78 is 12.0. The van der Waals surface area contributed by atoms with E-state index >= 15 is 0 Å². The van der Waals surface area contributed by atoms with Crippen LogP contribution in [0, 0.1) is 6.92 Å². The first kappa shape index (κ1) is 18.8. The van der Waals surface area contributed by atoms with E-state index < -0.39 is 5.97 Å². The third-order valence-corrected chi connectivity index (χ3v) is 5.23. The zero-order chi connectivity index (χ0) is 20.4. The SMILES string of the molecule is COc1ccc(-c2nc(C(=O)OCc3cc(=O)n4c(C)cccc4n3)cs2)cc1. The van der Waals surface area contributed by atoms with Crippen LogP contribution in [-0.2, 0) is 11.3 Å². The highest BCUT2D eigenvalue weighted by atomic mass is 32.1. The quantitative estimate of drug-likeness (QED) is 0.471. The summed E-state index contributed by atoms with van der Waals surface area (Å²) in [5, 5.41) is 2.35. The lowest BCUT2D eigenvalue weighted by atomic mass is 10.2. The highest BCUT2D eigenvalue weighted by Crippen LogP contribution is 2.26. The number of carbonyl (C=O) groups is 1. The predicted molar refractivity (Wildman–Crippen MR) is 109 cm³/mol. The van der Waals surface area contributed by atoms with Crippen molar-refractivity contribution in [2.45, 2.75) is 13.5 Å². The Bertz CT molecular complexity index is 1250. The summed E-state index contributed by atoms with van der Waals surface area (Å²) in [5.74, 6) is 0.186. The summed E-state index contributed by atoms with van der Waals surface area (Å²) in [7, 11) is 1.60. The number of methoxy groups -OCH3 is 1. The Morgan fingerprint density at radius 2 is 1.93 bits per heavy atom. The number of esters is 1. The molecule has 4 aromatic rings. The van der Waals surface area contributed by atoms with Gasteiger partial charge in [0.05, 0.1) is 12.8 Å². The molecule has 0 saturated carbocycles. The standard InChI is InChI=1S/C21H17N3O4S/c1-13-4-3-5-18-22-15(10-19(25)24(13)18)11-28-21(26)17-12-29-20(23-17)14-6-8-16(27-2)9-7-14/h3-10,12H,11H2,1-2H3. The topological polar surface area (TPSA) is 82.8 Å². The van der Waals surface area contributed by atoms with E-state index in [0.717, 1.165) is 17.0 Å². The number of aryl methyl sites for hydroxylation is 1. The molecule has 7 nitrogen and oxygen atoms in total. The lowest BCUT2D eigenvalue weighted by molar-refractivity contribution is 0.0462. The summed E-state index contributed by atoms with van der Waals surface area (Å²) in [5.41, 5.74) is 2.58. The molecule has 1 aromatic carbocycles. The van der Waals surface area contributed by atoms with Gasteiger partial charge in [0.25, 0.3) is 5.56 Å². The van der Waals surface area contributed by atoms with Gasteiger partial charge in [-0.1, -0.05) is 6.07 Å². The van der Waals surface area contributed by atoms with Gasteiger partial charge in [-0.05, 0) is 43.3 Å². The normalized spacial score (nSPS) is 10.8.